The lowest BCUT2D eigenvalue weighted by Crippen LogP contribution is -2.60. The summed E-state index contributed by atoms with van der Waals surface area (Å²) in [7, 11) is 1.87. The van der Waals surface area contributed by atoms with Crippen LogP contribution in [0, 0.1) is 5.92 Å². The maximum atomic E-state index is 5.54. The minimum Gasteiger partial charge on any atom is -0.381 e. The van der Waals surface area contributed by atoms with Crippen molar-refractivity contribution in [1.29, 1.82) is 0 Å². The lowest BCUT2D eigenvalue weighted by atomic mass is 9.95. The van der Waals surface area contributed by atoms with Gasteiger partial charge >= 0.3 is 0 Å². The van der Waals surface area contributed by atoms with Gasteiger partial charge in [0.25, 0.3) is 0 Å². The molecule has 0 radical (unpaired) electrons. The van der Waals surface area contributed by atoms with Crippen molar-refractivity contribution >= 4 is 17.7 Å². The fourth-order valence-electron chi connectivity index (χ4n) is 3.80. The van der Waals surface area contributed by atoms with E-state index in [2.05, 4.69) is 32.3 Å². The third-order valence-electron chi connectivity index (χ3n) is 5.47. The Labute approximate surface area is 150 Å². The molecule has 0 bridgehead atoms. The largest absolute Gasteiger partial charge is 0.381 e. The molecule has 0 aliphatic carbocycles. The lowest BCUT2D eigenvalue weighted by molar-refractivity contribution is -0.0120. The number of hydrogen-bond acceptors (Lipinski definition) is 5. The van der Waals surface area contributed by atoms with Crippen molar-refractivity contribution in [3.8, 4) is 0 Å². The number of guanidine groups is 1. The van der Waals surface area contributed by atoms with Crippen LogP contribution < -0.4 is 10.6 Å². The van der Waals surface area contributed by atoms with Crippen LogP contribution in [0.5, 0.6) is 0 Å². The van der Waals surface area contributed by atoms with Crippen LogP contribution in [-0.2, 0) is 9.47 Å². The molecular formula is C17H32N4O2S. The van der Waals surface area contributed by atoms with Gasteiger partial charge in [-0.1, -0.05) is 0 Å². The van der Waals surface area contributed by atoms with Gasteiger partial charge in [0.2, 0.25) is 0 Å². The number of ether oxygens (including phenoxy) is 2. The summed E-state index contributed by atoms with van der Waals surface area (Å²) >= 11 is 2.07. The summed E-state index contributed by atoms with van der Waals surface area (Å²) in [5, 5.41) is 7.12. The predicted octanol–water partition coefficient (Wildman–Crippen LogP) is 0.786. The molecule has 3 rings (SSSR count). The topological polar surface area (TPSA) is 58.1 Å². The first-order chi connectivity index (χ1) is 11.8. The number of aliphatic imine (C=N–C) groups is 1. The van der Waals surface area contributed by atoms with Gasteiger partial charge in [0, 0.05) is 57.7 Å². The Balaban J connectivity index is 1.49. The van der Waals surface area contributed by atoms with E-state index in [4.69, 9.17) is 9.47 Å². The van der Waals surface area contributed by atoms with Gasteiger partial charge in [0.1, 0.15) is 0 Å². The highest BCUT2D eigenvalue weighted by Gasteiger charge is 2.40. The van der Waals surface area contributed by atoms with E-state index in [0.717, 1.165) is 71.4 Å². The number of nitrogens with one attached hydrogen (secondary N) is 2. The zero-order valence-corrected chi connectivity index (χ0v) is 15.7. The van der Waals surface area contributed by atoms with Crippen molar-refractivity contribution in [1.82, 2.24) is 15.5 Å². The second-order valence-electron chi connectivity index (χ2n) is 6.99. The zero-order valence-electron chi connectivity index (χ0n) is 14.9. The van der Waals surface area contributed by atoms with Crippen molar-refractivity contribution < 1.29 is 9.47 Å². The Morgan fingerprint density at radius 3 is 2.58 bits per heavy atom. The lowest BCUT2D eigenvalue weighted by Gasteiger charge is -2.43. The summed E-state index contributed by atoms with van der Waals surface area (Å²) in [4.78, 5) is 7.06. The van der Waals surface area contributed by atoms with Crippen LogP contribution in [0.25, 0.3) is 0 Å². The Hall–Kier alpha value is -0.500. The molecule has 3 saturated heterocycles. The first kappa shape index (κ1) is 18.3. The SMILES string of the molecule is CN=C(NCC1CCOCC1)NCC1(N2CCOCC2)CCSC1. The van der Waals surface area contributed by atoms with E-state index < -0.39 is 0 Å². The van der Waals surface area contributed by atoms with Crippen LogP contribution in [0.2, 0.25) is 0 Å². The molecule has 0 aromatic carbocycles. The van der Waals surface area contributed by atoms with Crippen LogP contribution in [0.1, 0.15) is 19.3 Å². The highest BCUT2D eigenvalue weighted by Crippen LogP contribution is 2.33. The first-order valence-corrected chi connectivity index (χ1v) is 10.4. The summed E-state index contributed by atoms with van der Waals surface area (Å²) in [5.74, 6) is 4.10. The van der Waals surface area contributed by atoms with Gasteiger partial charge in [0.05, 0.1) is 13.2 Å². The molecular weight excluding hydrogens is 324 g/mol. The summed E-state index contributed by atoms with van der Waals surface area (Å²) in [6.07, 6.45) is 3.55. The second-order valence-corrected chi connectivity index (χ2v) is 8.09. The predicted molar refractivity (Wildman–Crippen MR) is 100.0 cm³/mol. The minimum atomic E-state index is 0.255. The third kappa shape index (κ3) is 4.77. The summed E-state index contributed by atoms with van der Waals surface area (Å²) in [6, 6.07) is 0. The fourth-order valence-corrected chi connectivity index (χ4v) is 5.27. The van der Waals surface area contributed by atoms with Crippen LogP contribution in [0.4, 0.5) is 0 Å². The zero-order chi connectivity index (χ0) is 16.7. The monoisotopic (exact) mass is 356 g/mol. The number of hydrogen-bond donors (Lipinski definition) is 2. The average Bonchev–Trinajstić information content (AvgIpc) is 3.14. The van der Waals surface area contributed by atoms with Gasteiger partial charge in [-0.3, -0.25) is 9.89 Å². The highest BCUT2D eigenvalue weighted by atomic mass is 32.2. The maximum Gasteiger partial charge on any atom is 0.191 e. The molecule has 0 aromatic rings. The van der Waals surface area contributed by atoms with E-state index in [0.29, 0.717) is 5.92 Å². The van der Waals surface area contributed by atoms with E-state index in [1.165, 1.54) is 17.9 Å². The molecule has 3 aliphatic rings. The van der Waals surface area contributed by atoms with Gasteiger partial charge in [-0.2, -0.15) is 11.8 Å². The van der Waals surface area contributed by atoms with Crippen molar-refractivity contribution in [3.63, 3.8) is 0 Å². The van der Waals surface area contributed by atoms with Crippen molar-refractivity contribution in [2.75, 3.05) is 71.2 Å². The molecule has 0 saturated carbocycles. The molecule has 6 nitrogen and oxygen atoms in total. The quantitative estimate of drug-likeness (QED) is 0.561. The molecule has 24 heavy (non-hydrogen) atoms. The average molecular weight is 357 g/mol. The fraction of sp³-hybridized carbons (Fsp3) is 0.941. The van der Waals surface area contributed by atoms with E-state index in [-0.39, 0.29) is 5.54 Å². The molecule has 1 unspecified atom stereocenters. The standard InChI is InChI=1S/C17H32N4O2S/c1-18-16(19-12-15-2-7-22-8-3-15)20-13-17(4-11-24-14-17)21-5-9-23-10-6-21/h15H,2-14H2,1H3,(H2,18,19,20). The molecule has 3 fully saturated rings. The third-order valence-corrected chi connectivity index (χ3v) is 6.71. The highest BCUT2D eigenvalue weighted by molar-refractivity contribution is 7.99. The Morgan fingerprint density at radius 2 is 1.92 bits per heavy atom. The molecule has 7 heteroatoms. The van der Waals surface area contributed by atoms with Crippen LogP contribution in [0.3, 0.4) is 0 Å². The molecule has 0 aromatic heterocycles. The van der Waals surface area contributed by atoms with Gasteiger partial charge in [-0.25, -0.2) is 0 Å². The van der Waals surface area contributed by atoms with Gasteiger partial charge in [0.15, 0.2) is 5.96 Å². The van der Waals surface area contributed by atoms with Crippen molar-refractivity contribution in [3.05, 3.63) is 0 Å². The summed E-state index contributed by atoms with van der Waals surface area (Å²) < 4.78 is 11.0. The Kier molecular flexibility index (Phi) is 7.06. The number of nitrogens with zero attached hydrogens (tertiary/aromatic N) is 2. The van der Waals surface area contributed by atoms with Crippen LogP contribution in [0.15, 0.2) is 4.99 Å². The van der Waals surface area contributed by atoms with Crippen LogP contribution >= 0.6 is 11.8 Å². The van der Waals surface area contributed by atoms with Crippen molar-refractivity contribution in [2.45, 2.75) is 24.8 Å². The Bertz CT molecular complexity index is 403. The molecule has 0 amide bonds. The molecule has 138 valence electrons. The number of rotatable bonds is 5. The summed E-state index contributed by atoms with van der Waals surface area (Å²) in [6.45, 7) is 7.58. The van der Waals surface area contributed by atoms with Crippen molar-refractivity contribution in [2.24, 2.45) is 10.9 Å². The van der Waals surface area contributed by atoms with E-state index in [1.54, 1.807) is 0 Å². The maximum absolute atomic E-state index is 5.54. The van der Waals surface area contributed by atoms with E-state index in [9.17, 15) is 0 Å². The van der Waals surface area contributed by atoms with Gasteiger partial charge in [-0.05, 0) is 30.9 Å². The smallest absolute Gasteiger partial charge is 0.191 e. The molecule has 2 N–H and O–H groups in total. The van der Waals surface area contributed by atoms with Crippen LogP contribution in [-0.4, -0.2) is 87.6 Å². The van der Waals surface area contributed by atoms with Gasteiger partial charge in [-0.15, -0.1) is 0 Å². The molecule has 1 atom stereocenters. The Morgan fingerprint density at radius 1 is 1.17 bits per heavy atom. The first-order valence-electron chi connectivity index (χ1n) is 9.25. The second kappa shape index (κ2) is 9.27. The van der Waals surface area contributed by atoms with E-state index >= 15 is 0 Å². The number of thioether (sulfide) groups is 1. The normalized spacial score (nSPS) is 30.5. The summed E-state index contributed by atoms with van der Waals surface area (Å²) in [5.41, 5.74) is 0.255. The molecule has 0 spiro atoms. The van der Waals surface area contributed by atoms with E-state index in [1.807, 2.05) is 7.05 Å². The van der Waals surface area contributed by atoms with Gasteiger partial charge < -0.3 is 20.1 Å². The molecule has 3 aliphatic heterocycles. The minimum absolute atomic E-state index is 0.255. The molecule has 3 heterocycles. The number of morpholine rings is 1.